The van der Waals surface area contributed by atoms with Gasteiger partial charge in [-0.1, -0.05) is 0 Å². The van der Waals surface area contributed by atoms with Gasteiger partial charge in [-0.25, -0.2) is 0 Å². The fraction of sp³-hybridized carbons (Fsp3) is 0.471. The third-order valence-corrected chi connectivity index (χ3v) is 4.22. The monoisotopic (exact) mass is 269 g/mol. The summed E-state index contributed by atoms with van der Waals surface area (Å²) in [4.78, 5) is 2.53. The summed E-state index contributed by atoms with van der Waals surface area (Å²) in [5.41, 5.74) is 6.78. The van der Waals surface area contributed by atoms with Crippen LogP contribution >= 0.6 is 0 Å². The van der Waals surface area contributed by atoms with Crippen LogP contribution in [0, 0.1) is 6.92 Å². The first kappa shape index (κ1) is 13.2. The second-order valence-corrected chi connectivity index (χ2v) is 6.09. The van der Waals surface area contributed by atoms with Gasteiger partial charge in [0.05, 0.1) is 6.20 Å². The van der Waals surface area contributed by atoms with Crippen molar-refractivity contribution in [3.63, 3.8) is 0 Å². The van der Waals surface area contributed by atoms with Gasteiger partial charge >= 0.3 is 0 Å². The third kappa shape index (κ3) is 2.21. The third-order valence-electron chi connectivity index (χ3n) is 4.22. The molecule has 0 aliphatic carbocycles. The molecule has 0 unspecified atom stereocenters. The molecule has 2 heterocycles. The molecule has 1 aromatic carbocycles. The molecular weight excluding hydrogens is 246 g/mol. The van der Waals surface area contributed by atoms with Gasteiger partial charge in [-0.15, -0.1) is 0 Å². The molecule has 1 aliphatic rings. The Morgan fingerprint density at radius 1 is 1.25 bits per heavy atom. The van der Waals surface area contributed by atoms with E-state index < -0.39 is 0 Å². The van der Waals surface area contributed by atoms with Gasteiger partial charge in [0.25, 0.3) is 0 Å². The van der Waals surface area contributed by atoms with Crippen molar-refractivity contribution in [1.29, 1.82) is 0 Å². The molecule has 3 heteroatoms. The molecule has 0 saturated heterocycles. The Bertz CT molecular complexity index is 625. The van der Waals surface area contributed by atoms with Crippen LogP contribution in [0.25, 0.3) is 11.1 Å². The Hall–Kier alpha value is -1.77. The van der Waals surface area contributed by atoms with E-state index in [4.69, 9.17) is 0 Å². The van der Waals surface area contributed by atoms with Crippen molar-refractivity contribution in [2.75, 3.05) is 11.4 Å². The second-order valence-electron chi connectivity index (χ2n) is 6.09. The zero-order valence-corrected chi connectivity index (χ0v) is 12.8. The maximum absolute atomic E-state index is 4.30. The average molecular weight is 269 g/mol. The molecule has 0 spiro atoms. The second kappa shape index (κ2) is 4.97. The highest BCUT2D eigenvalue weighted by Gasteiger charge is 2.20. The van der Waals surface area contributed by atoms with Crippen molar-refractivity contribution in [3.05, 3.63) is 35.7 Å². The van der Waals surface area contributed by atoms with Crippen LogP contribution in [-0.4, -0.2) is 22.4 Å². The lowest BCUT2D eigenvalue weighted by Crippen LogP contribution is -2.35. The van der Waals surface area contributed by atoms with Crippen LogP contribution in [0.1, 0.15) is 31.4 Å². The van der Waals surface area contributed by atoms with Gasteiger partial charge in [-0.2, -0.15) is 5.10 Å². The summed E-state index contributed by atoms with van der Waals surface area (Å²) in [7, 11) is 1.97. The van der Waals surface area contributed by atoms with Gasteiger partial charge in [0.2, 0.25) is 0 Å². The van der Waals surface area contributed by atoms with Gasteiger partial charge in [0.1, 0.15) is 0 Å². The van der Waals surface area contributed by atoms with Crippen LogP contribution in [0.4, 0.5) is 5.69 Å². The summed E-state index contributed by atoms with van der Waals surface area (Å²) in [6, 6.07) is 5.30. The van der Waals surface area contributed by atoms with E-state index in [9.17, 15) is 0 Å². The van der Waals surface area contributed by atoms with E-state index in [1.807, 2.05) is 17.9 Å². The fourth-order valence-corrected chi connectivity index (χ4v) is 3.17. The highest BCUT2D eigenvalue weighted by molar-refractivity contribution is 5.72. The number of hydrogen-bond donors (Lipinski definition) is 0. The first-order chi connectivity index (χ1) is 9.56. The first-order valence-corrected chi connectivity index (χ1v) is 7.45. The summed E-state index contributed by atoms with van der Waals surface area (Å²) in [6.45, 7) is 7.94. The van der Waals surface area contributed by atoms with Crippen LogP contribution in [-0.2, 0) is 13.5 Å². The number of aromatic nitrogens is 2. The van der Waals surface area contributed by atoms with Crippen molar-refractivity contribution in [3.8, 4) is 11.1 Å². The van der Waals surface area contributed by atoms with Crippen LogP contribution in [0.3, 0.4) is 0 Å². The standard InChI is InChI=1S/C17H23N3/c1-12(2)20-7-5-6-14-9-16(13(3)8-17(14)20)15-10-18-19(4)11-15/h8-12H,5-7H2,1-4H3. The number of benzene rings is 1. The number of hydrogen-bond acceptors (Lipinski definition) is 2. The number of aryl methyl sites for hydroxylation is 3. The first-order valence-electron chi connectivity index (χ1n) is 7.45. The topological polar surface area (TPSA) is 21.1 Å². The molecule has 2 aromatic rings. The fourth-order valence-electron chi connectivity index (χ4n) is 3.17. The number of nitrogens with zero attached hydrogens (tertiary/aromatic N) is 3. The summed E-state index contributed by atoms with van der Waals surface area (Å²) in [5, 5.41) is 4.30. The molecule has 0 radical (unpaired) electrons. The largest absolute Gasteiger partial charge is 0.369 e. The van der Waals surface area contributed by atoms with Gasteiger partial charge in [-0.05, 0) is 62.4 Å². The van der Waals surface area contributed by atoms with Gasteiger partial charge in [0, 0.05) is 37.1 Å². The molecule has 106 valence electrons. The van der Waals surface area contributed by atoms with Crippen molar-refractivity contribution in [1.82, 2.24) is 9.78 Å². The molecule has 3 nitrogen and oxygen atoms in total. The van der Waals surface area contributed by atoms with E-state index in [-0.39, 0.29) is 0 Å². The lowest BCUT2D eigenvalue weighted by molar-refractivity contribution is 0.625. The SMILES string of the molecule is Cc1cc2c(cc1-c1cnn(C)c1)CCCN2C(C)C. The Kier molecular flexibility index (Phi) is 3.28. The normalized spacial score (nSPS) is 14.8. The van der Waals surface area contributed by atoms with Gasteiger partial charge in [-0.3, -0.25) is 4.68 Å². The zero-order chi connectivity index (χ0) is 14.3. The zero-order valence-electron chi connectivity index (χ0n) is 12.8. The van der Waals surface area contributed by atoms with Gasteiger partial charge in [0.15, 0.2) is 0 Å². The van der Waals surface area contributed by atoms with Crippen molar-refractivity contribution < 1.29 is 0 Å². The number of rotatable bonds is 2. The smallest absolute Gasteiger partial charge is 0.0568 e. The highest BCUT2D eigenvalue weighted by atomic mass is 15.2. The summed E-state index contributed by atoms with van der Waals surface area (Å²) in [6.07, 6.45) is 6.49. The number of fused-ring (bicyclic) bond motifs is 1. The summed E-state index contributed by atoms with van der Waals surface area (Å²) < 4.78 is 1.87. The molecule has 1 aromatic heterocycles. The Balaban J connectivity index is 2.08. The minimum atomic E-state index is 0.567. The quantitative estimate of drug-likeness (QED) is 0.831. The molecule has 0 fully saturated rings. The minimum absolute atomic E-state index is 0.567. The summed E-state index contributed by atoms with van der Waals surface area (Å²) in [5.74, 6) is 0. The van der Waals surface area contributed by atoms with Crippen LogP contribution in [0.15, 0.2) is 24.5 Å². The molecule has 20 heavy (non-hydrogen) atoms. The van der Waals surface area contributed by atoms with E-state index in [0.29, 0.717) is 6.04 Å². The van der Waals surface area contributed by atoms with Crippen molar-refractivity contribution in [2.45, 2.75) is 39.7 Å². The van der Waals surface area contributed by atoms with Gasteiger partial charge < -0.3 is 4.90 Å². The van der Waals surface area contributed by atoms with E-state index in [1.54, 1.807) is 0 Å². The number of anilines is 1. The molecular formula is C17H23N3. The van der Waals surface area contributed by atoms with E-state index in [0.717, 1.165) is 0 Å². The van der Waals surface area contributed by atoms with Crippen LogP contribution in [0.2, 0.25) is 0 Å². The van der Waals surface area contributed by atoms with Crippen LogP contribution < -0.4 is 4.90 Å². The predicted octanol–water partition coefficient (Wildman–Crippen LogP) is 3.56. The molecule has 1 aliphatic heterocycles. The Morgan fingerprint density at radius 3 is 2.70 bits per heavy atom. The lowest BCUT2D eigenvalue weighted by Gasteiger charge is -2.35. The molecule has 0 saturated carbocycles. The average Bonchev–Trinajstić information content (AvgIpc) is 2.83. The predicted molar refractivity (Wildman–Crippen MR) is 84.2 cm³/mol. The Morgan fingerprint density at radius 2 is 2.05 bits per heavy atom. The molecule has 3 rings (SSSR count). The summed E-state index contributed by atoms with van der Waals surface area (Å²) >= 11 is 0. The molecule has 0 bridgehead atoms. The minimum Gasteiger partial charge on any atom is -0.369 e. The maximum atomic E-state index is 4.30. The molecule has 0 atom stereocenters. The highest BCUT2D eigenvalue weighted by Crippen LogP contribution is 2.35. The molecule has 0 N–H and O–H groups in total. The Labute approximate surface area is 121 Å². The van der Waals surface area contributed by atoms with Crippen molar-refractivity contribution in [2.24, 2.45) is 7.05 Å². The lowest BCUT2D eigenvalue weighted by atomic mass is 9.93. The van der Waals surface area contributed by atoms with Crippen molar-refractivity contribution >= 4 is 5.69 Å². The molecule has 0 amide bonds. The maximum Gasteiger partial charge on any atom is 0.0568 e. The van der Waals surface area contributed by atoms with E-state index >= 15 is 0 Å². The van der Waals surface area contributed by atoms with E-state index in [2.05, 4.69) is 49.1 Å². The van der Waals surface area contributed by atoms with E-state index in [1.165, 1.54) is 47.3 Å². The van der Waals surface area contributed by atoms with Crippen LogP contribution in [0.5, 0.6) is 0 Å².